The number of hydrogen-bond donors (Lipinski definition) is 3. The van der Waals surface area contributed by atoms with Gasteiger partial charge in [-0.1, -0.05) is 12.1 Å². The molecule has 1 aliphatic heterocycles. The average Bonchev–Trinajstić information content (AvgIpc) is 2.81. The Hall–Kier alpha value is -3.72. The van der Waals surface area contributed by atoms with Crippen molar-refractivity contribution >= 4 is 28.5 Å². The van der Waals surface area contributed by atoms with Gasteiger partial charge in [-0.05, 0) is 62.2 Å². The molecule has 0 bridgehead atoms. The molecule has 3 aromatic rings. The average molecular weight is 450 g/mol. The number of carbonyl (C=O) groups is 2. The van der Waals surface area contributed by atoms with Crippen LogP contribution >= 0.6 is 0 Å². The van der Waals surface area contributed by atoms with Gasteiger partial charge >= 0.3 is 11.1 Å². The molecule has 2 heterocycles. The van der Waals surface area contributed by atoms with E-state index in [1.807, 2.05) is 24.3 Å². The van der Waals surface area contributed by atoms with Crippen LogP contribution in [-0.2, 0) is 17.9 Å². The Morgan fingerprint density at radius 3 is 2.61 bits per heavy atom. The normalized spacial score (nSPS) is 16.6. The van der Waals surface area contributed by atoms with E-state index in [1.54, 1.807) is 25.1 Å². The third-order valence-electron chi connectivity index (χ3n) is 6.08. The van der Waals surface area contributed by atoms with Crippen molar-refractivity contribution in [2.45, 2.75) is 32.9 Å². The molecule has 1 atom stereocenters. The van der Waals surface area contributed by atoms with Crippen LogP contribution in [0, 0.1) is 5.92 Å². The second kappa shape index (κ2) is 9.41. The molecule has 1 aromatic heterocycles. The second-order valence-corrected chi connectivity index (χ2v) is 8.36. The first-order chi connectivity index (χ1) is 15.9. The van der Waals surface area contributed by atoms with Gasteiger partial charge in [-0.15, -0.1) is 0 Å². The number of carbonyl (C=O) groups excluding carboxylic acids is 2. The third kappa shape index (κ3) is 4.88. The van der Waals surface area contributed by atoms with Gasteiger partial charge in [-0.25, -0.2) is 0 Å². The lowest BCUT2D eigenvalue weighted by atomic mass is 9.97. The summed E-state index contributed by atoms with van der Waals surface area (Å²) in [5.74, 6) is -0.658. The fraction of sp³-hybridized carbons (Fsp3) is 0.333. The molecule has 1 fully saturated rings. The number of nitrogens with two attached hydrogens (primary N) is 1. The number of aryl methyl sites for hydroxylation is 1. The molecule has 4 rings (SSSR count). The van der Waals surface area contributed by atoms with E-state index < -0.39 is 11.1 Å². The van der Waals surface area contributed by atoms with Crippen LogP contribution in [0.5, 0.6) is 0 Å². The number of amides is 2. The van der Waals surface area contributed by atoms with E-state index in [-0.39, 0.29) is 17.7 Å². The SMILES string of the molecule is CCn1c(=O)c(=O)[nH]c2cc(C(=O)Nc3ccc(CN4CCCC(C(N)=O)C4)cc3)ccc21. The van der Waals surface area contributed by atoms with Crippen molar-refractivity contribution in [3.8, 4) is 0 Å². The number of anilines is 1. The summed E-state index contributed by atoms with van der Waals surface area (Å²) in [6, 6.07) is 12.4. The van der Waals surface area contributed by atoms with Gasteiger partial charge in [0.2, 0.25) is 5.91 Å². The van der Waals surface area contributed by atoms with Crippen LogP contribution in [0.15, 0.2) is 52.1 Å². The van der Waals surface area contributed by atoms with E-state index in [2.05, 4.69) is 15.2 Å². The highest BCUT2D eigenvalue weighted by Gasteiger charge is 2.23. The Balaban J connectivity index is 1.45. The van der Waals surface area contributed by atoms with Gasteiger partial charge in [0, 0.05) is 30.9 Å². The number of nitrogens with zero attached hydrogens (tertiary/aromatic N) is 2. The highest BCUT2D eigenvalue weighted by Crippen LogP contribution is 2.20. The zero-order chi connectivity index (χ0) is 23.5. The summed E-state index contributed by atoms with van der Waals surface area (Å²) in [7, 11) is 0. The number of aromatic nitrogens is 2. The van der Waals surface area contributed by atoms with Crippen molar-refractivity contribution in [1.29, 1.82) is 0 Å². The monoisotopic (exact) mass is 449 g/mol. The standard InChI is InChI=1S/C24H27N5O4/c1-2-29-20-10-7-16(12-19(20)27-23(32)24(29)33)22(31)26-18-8-5-15(6-9-18)13-28-11-3-4-17(14-28)21(25)30/h5-10,12,17H,2-4,11,13-14H2,1H3,(H2,25,30)(H,26,31)(H,27,32). The Bertz CT molecular complexity index is 1310. The highest BCUT2D eigenvalue weighted by atomic mass is 16.2. The molecule has 4 N–H and O–H groups in total. The van der Waals surface area contributed by atoms with Crippen molar-refractivity contribution in [3.63, 3.8) is 0 Å². The number of fused-ring (bicyclic) bond motifs is 1. The number of likely N-dealkylation sites (tertiary alicyclic amines) is 1. The van der Waals surface area contributed by atoms with Crippen LogP contribution in [-0.4, -0.2) is 39.4 Å². The van der Waals surface area contributed by atoms with E-state index >= 15 is 0 Å². The molecule has 2 aromatic carbocycles. The Morgan fingerprint density at radius 2 is 1.91 bits per heavy atom. The smallest absolute Gasteiger partial charge is 0.316 e. The molecular formula is C24H27N5O4. The molecule has 9 nitrogen and oxygen atoms in total. The first-order valence-corrected chi connectivity index (χ1v) is 11.0. The lowest BCUT2D eigenvalue weighted by molar-refractivity contribution is -0.123. The van der Waals surface area contributed by atoms with Crippen molar-refractivity contribution in [2.24, 2.45) is 11.7 Å². The van der Waals surface area contributed by atoms with Gasteiger partial charge in [-0.2, -0.15) is 0 Å². The third-order valence-corrected chi connectivity index (χ3v) is 6.08. The molecule has 0 radical (unpaired) electrons. The molecule has 0 spiro atoms. The van der Waals surface area contributed by atoms with Crippen LogP contribution in [0.2, 0.25) is 0 Å². The van der Waals surface area contributed by atoms with Crippen molar-refractivity contribution in [3.05, 3.63) is 74.3 Å². The van der Waals surface area contributed by atoms with E-state index in [1.165, 1.54) is 4.57 Å². The molecule has 1 aliphatic rings. The van der Waals surface area contributed by atoms with Crippen molar-refractivity contribution in [2.75, 3.05) is 18.4 Å². The number of aromatic amines is 1. The quantitative estimate of drug-likeness (QED) is 0.493. The molecule has 33 heavy (non-hydrogen) atoms. The summed E-state index contributed by atoms with van der Waals surface area (Å²) in [6.45, 7) is 4.46. The minimum Gasteiger partial charge on any atom is -0.369 e. The Kier molecular flexibility index (Phi) is 6.41. The van der Waals surface area contributed by atoms with Gasteiger partial charge in [-0.3, -0.25) is 24.1 Å². The topological polar surface area (TPSA) is 130 Å². The summed E-state index contributed by atoms with van der Waals surface area (Å²) >= 11 is 0. The highest BCUT2D eigenvalue weighted by molar-refractivity contribution is 6.05. The maximum absolute atomic E-state index is 12.7. The largest absolute Gasteiger partial charge is 0.369 e. The fourth-order valence-corrected chi connectivity index (χ4v) is 4.32. The van der Waals surface area contributed by atoms with Crippen LogP contribution in [0.4, 0.5) is 5.69 Å². The summed E-state index contributed by atoms with van der Waals surface area (Å²) in [5, 5.41) is 2.86. The Labute approximate surface area is 190 Å². The lowest BCUT2D eigenvalue weighted by Gasteiger charge is -2.31. The van der Waals surface area contributed by atoms with Crippen LogP contribution in [0.3, 0.4) is 0 Å². The number of rotatable bonds is 6. The number of benzene rings is 2. The first-order valence-electron chi connectivity index (χ1n) is 11.0. The van der Waals surface area contributed by atoms with Gasteiger partial charge < -0.3 is 20.6 Å². The predicted molar refractivity (Wildman–Crippen MR) is 126 cm³/mol. The maximum Gasteiger partial charge on any atom is 0.316 e. The number of piperidine rings is 1. The van der Waals surface area contributed by atoms with Gasteiger partial charge in [0.1, 0.15) is 0 Å². The van der Waals surface area contributed by atoms with Crippen LogP contribution in [0.1, 0.15) is 35.7 Å². The zero-order valence-corrected chi connectivity index (χ0v) is 18.5. The van der Waals surface area contributed by atoms with E-state index in [0.717, 1.165) is 31.5 Å². The molecule has 2 amide bonds. The van der Waals surface area contributed by atoms with Gasteiger partial charge in [0.05, 0.1) is 17.0 Å². The van der Waals surface area contributed by atoms with Gasteiger partial charge in [0.15, 0.2) is 0 Å². The summed E-state index contributed by atoms with van der Waals surface area (Å²) < 4.78 is 1.38. The minimum atomic E-state index is -0.714. The van der Waals surface area contributed by atoms with Crippen molar-refractivity contribution in [1.82, 2.24) is 14.5 Å². The lowest BCUT2D eigenvalue weighted by Crippen LogP contribution is -2.40. The molecule has 1 unspecified atom stereocenters. The predicted octanol–water partition coefficient (Wildman–Crippen LogP) is 1.66. The van der Waals surface area contributed by atoms with E-state index in [0.29, 0.717) is 35.4 Å². The number of nitrogens with one attached hydrogen (secondary N) is 2. The number of primary amides is 1. The molecular weight excluding hydrogens is 422 g/mol. The van der Waals surface area contributed by atoms with Gasteiger partial charge in [0.25, 0.3) is 5.91 Å². The first kappa shape index (κ1) is 22.5. The summed E-state index contributed by atoms with van der Waals surface area (Å²) in [6.07, 6.45) is 1.79. The fourth-order valence-electron chi connectivity index (χ4n) is 4.32. The summed E-state index contributed by atoms with van der Waals surface area (Å²) in [4.78, 5) is 52.9. The zero-order valence-electron chi connectivity index (χ0n) is 18.5. The second-order valence-electron chi connectivity index (χ2n) is 8.36. The maximum atomic E-state index is 12.7. The van der Waals surface area contributed by atoms with E-state index in [4.69, 9.17) is 5.73 Å². The molecule has 9 heteroatoms. The van der Waals surface area contributed by atoms with Crippen LogP contribution in [0.25, 0.3) is 11.0 Å². The number of H-pyrrole nitrogens is 1. The minimum absolute atomic E-state index is 0.0961. The molecule has 0 saturated carbocycles. The number of hydrogen-bond acceptors (Lipinski definition) is 5. The van der Waals surface area contributed by atoms with Crippen molar-refractivity contribution < 1.29 is 9.59 Å². The Morgan fingerprint density at radius 1 is 1.15 bits per heavy atom. The molecule has 172 valence electrons. The molecule has 0 aliphatic carbocycles. The summed E-state index contributed by atoms with van der Waals surface area (Å²) in [5.41, 5.74) is 7.22. The molecule has 1 saturated heterocycles. The van der Waals surface area contributed by atoms with Crippen LogP contribution < -0.4 is 22.2 Å². The van der Waals surface area contributed by atoms with E-state index in [9.17, 15) is 19.2 Å².